The molecular formula is C4H8BrO2P. The van der Waals surface area contributed by atoms with E-state index in [0.717, 1.165) is 0 Å². The van der Waals surface area contributed by atoms with Gasteiger partial charge in [0.2, 0.25) is 0 Å². The second-order valence-electron chi connectivity index (χ2n) is 1.24. The molecule has 0 aliphatic heterocycles. The van der Waals surface area contributed by atoms with Gasteiger partial charge in [0.25, 0.3) is 0 Å². The molecule has 2 unspecified atom stereocenters. The van der Waals surface area contributed by atoms with Crippen LogP contribution in [0.3, 0.4) is 0 Å². The van der Waals surface area contributed by atoms with Crippen LogP contribution in [0, 0.1) is 0 Å². The van der Waals surface area contributed by atoms with Crippen LogP contribution in [0.2, 0.25) is 0 Å². The fourth-order valence-corrected chi connectivity index (χ4v) is 0.826. The van der Waals surface area contributed by atoms with Crippen molar-refractivity contribution >= 4 is 30.7 Å². The summed E-state index contributed by atoms with van der Waals surface area (Å²) in [7, 11) is 0.251. The Kier molecular flexibility index (Phi) is 4.48. The van der Waals surface area contributed by atoms with Gasteiger partial charge in [-0.2, -0.15) is 0 Å². The third-order valence-electron chi connectivity index (χ3n) is 0.527. The smallest absolute Gasteiger partial charge is 0.321 e. The van der Waals surface area contributed by atoms with Gasteiger partial charge in [-0.3, -0.25) is 4.79 Å². The topological polar surface area (TPSA) is 26.3 Å². The van der Waals surface area contributed by atoms with Crippen molar-refractivity contribution in [2.24, 2.45) is 0 Å². The van der Waals surface area contributed by atoms with E-state index in [-0.39, 0.29) is 19.6 Å². The van der Waals surface area contributed by atoms with E-state index in [1.54, 1.807) is 6.92 Å². The average Bonchev–Trinajstić information content (AvgIpc) is 1.67. The molecule has 0 aliphatic rings. The predicted molar refractivity (Wildman–Crippen MR) is 38.7 cm³/mol. The van der Waals surface area contributed by atoms with E-state index in [2.05, 4.69) is 20.5 Å². The highest BCUT2D eigenvalue weighted by atomic mass is 79.9. The lowest BCUT2D eigenvalue weighted by molar-refractivity contribution is -0.132. The highest BCUT2D eigenvalue weighted by molar-refractivity contribution is 9.10. The Bertz CT molecular complexity index is 84.1. The Balaban J connectivity index is 3.33. The molecule has 48 valence electrons. The molecule has 0 N–H and O–H groups in total. The van der Waals surface area contributed by atoms with Crippen molar-refractivity contribution in [2.45, 2.75) is 11.8 Å². The Morgan fingerprint density at radius 1 is 1.88 bits per heavy atom. The standard InChI is InChI=1S/C4H8BrO2P/c1-3(5)4(6)7-8-2/h3,8H,1-2H3. The first-order valence-corrected chi connectivity index (χ1v) is 4.52. The average molecular weight is 199 g/mol. The summed E-state index contributed by atoms with van der Waals surface area (Å²) in [5.41, 5.74) is 0. The molecule has 0 aliphatic carbocycles. The van der Waals surface area contributed by atoms with Gasteiger partial charge in [-0.25, -0.2) is 0 Å². The summed E-state index contributed by atoms with van der Waals surface area (Å²) in [6, 6.07) is 0. The van der Waals surface area contributed by atoms with Crippen LogP contribution in [0.15, 0.2) is 0 Å². The molecule has 0 fully saturated rings. The predicted octanol–water partition coefficient (Wildman–Crippen LogP) is 1.54. The van der Waals surface area contributed by atoms with Crippen molar-refractivity contribution in [1.82, 2.24) is 0 Å². The van der Waals surface area contributed by atoms with Crippen molar-refractivity contribution < 1.29 is 9.32 Å². The molecule has 0 aromatic carbocycles. The summed E-state index contributed by atoms with van der Waals surface area (Å²) in [6.07, 6.45) is 0. The van der Waals surface area contributed by atoms with Crippen molar-refractivity contribution in [2.75, 3.05) is 6.66 Å². The molecule has 0 spiro atoms. The maximum atomic E-state index is 10.5. The number of hydrogen-bond acceptors (Lipinski definition) is 2. The molecule has 0 saturated heterocycles. The molecule has 0 heterocycles. The SMILES string of the molecule is CPOC(=O)C(C)Br. The van der Waals surface area contributed by atoms with Gasteiger partial charge in [0.05, 0.1) is 8.81 Å². The zero-order valence-corrected chi connectivity index (χ0v) is 7.36. The van der Waals surface area contributed by atoms with Crippen LogP contribution in [-0.2, 0) is 9.32 Å². The van der Waals surface area contributed by atoms with Crippen LogP contribution in [0.1, 0.15) is 6.92 Å². The van der Waals surface area contributed by atoms with Gasteiger partial charge in [0, 0.05) is 0 Å². The maximum Gasteiger partial charge on any atom is 0.321 e. The lowest BCUT2D eigenvalue weighted by atomic mass is 10.5. The van der Waals surface area contributed by atoms with E-state index in [9.17, 15) is 4.79 Å². The minimum atomic E-state index is -0.189. The first-order valence-electron chi connectivity index (χ1n) is 2.20. The molecule has 2 nitrogen and oxygen atoms in total. The van der Waals surface area contributed by atoms with Gasteiger partial charge in [0.15, 0.2) is 0 Å². The van der Waals surface area contributed by atoms with Crippen molar-refractivity contribution in [3.05, 3.63) is 0 Å². The van der Waals surface area contributed by atoms with Crippen LogP contribution in [0.5, 0.6) is 0 Å². The largest absolute Gasteiger partial charge is 0.448 e. The van der Waals surface area contributed by atoms with Gasteiger partial charge < -0.3 is 4.52 Å². The number of hydrogen-bond donors (Lipinski definition) is 0. The normalized spacial score (nSPS) is 14.4. The van der Waals surface area contributed by atoms with E-state index in [1.165, 1.54) is 0 Å². The molecule has 0 aromatic heterocycles. The Morgan fingerprint density at radius 2 is 2.38 bits per heavy atom. The molecule has 2 atom stereocenters. The molecule has 0 rings (SSSR count). The minimum Gasteiger partial charge on any atom is -0.448 e. The molecule has 0 amide bonds. The summed E-state index contributed by atoms with van der Waals surface area (Å²) < 4.78 is 4.65. The summed E-state index contributed by atoms with van der Waals surface area (Å²) in [5, 5.41) is 0. The Morgan fingerprint density at radius 3 is 2.50 bits per heavy atom. The second-order valence-corrected chi connectivity index (χ2v) is 3.23. The Labute approximate surface area is 59.0 Å². The van der Waals surface area contributed by atoms with Crippen LogP contribution in [0.4, 0.5) is 0 Å². The maximum absolute atomic E-state index is 10.5. The fraction of sp³-hybridized carbons (Fsp3) is 0.750. The number of alkyl halides is 1. The second kappa shape index (κ2) is 4.28. The van der Waals surface area contributed by atoms with Crippen molar-refractivity contribution in [3.8, 4) is 0 Å². The molecule has 4 heteroatoms. The van der Waals surface area contributed by atoms with Gasteiger partial charge in [-0.05, 0) is 13.6 Å². The van der Waals surface area contributed by atoms with E-state index in [1.807, 2.05) is 6.66 Å². The molecular weight excluding hydrogens is 191 g/mol. The van der Waals surface area contributed by atoms with Crippen LogP contribution < -0.4 is 0 Å². The molecule has 0 bridgehead atoms. The summed E-state index contributed by atoms with van der Waals surface area (Å²) >= 11 is 3.07. The number of carbonyl (C=O) groups excluding carboxylic acids is 1. The van der Waals surface area contributed by atoms with E-state index < -0.39 is 0 Å². The zero-order valence-electron chi connectivity index (χ0n) is 4.77. The summed E-state index contributed by atoms with van der Waals surface area (Å²) in [5.74, 6) is -0.189. The van der Waals surface area contributed by atoms with Crippen molar-refractivity contribution in [1.29, 1.82) is 0 Å². The van der Waals surface area contributed by atoms with Gasteiger partial charge in [-0.1, -0.05) is 15.9 Å². The minimum absolute atomic E-state index is 0.171. The molecule has 0 radical (unpaired) electrons. The third kappa shape index (κ3) is 3.39. The molecule has 8 heavy (non-hydrogen) atoms. The fourth-order valence-electron chi connectivity index (χ4n) is 0.182. The van der Waals surface area contributed by atoms with Gasteiger partial charge in [-0.15, -0.1) is 0 Å². The zero-order chi connectivity index (χ0) is 6.57. The van der Waals surface area contributed by atoms with Gasteiger partial charge in [0.1, 0.15) is 4.83 Å². The lowest BCUT2D eigenvalue weighted by Crippen LogP contribution is -2.08. The van der Waals surface area contributed by atoms with E-state index in [4.69, 9.17) is 0 Å². The number of halogens is 1. The summed E-state index contributed by atoms with van der Waals surface area (Å²) in [6.45, 7) is 3.55. The number of rotatable bonds is 2. The first kappa shape index (κ1) is 8.38. The molecule has 0 aromatic rings. The van der Waals surface area contributed by atoms with E-state index in [0.29, 0.717) is 0 Å². The van der Waals surface area contributed by atoms with E-state index >= 15 is 0 Å². The quantitative estimate of drug-likeness (QED) is 0.498. The highest BCUT2D eigenvalue weighted by Gasteiger charge is 2.07. The lowest BCUT2D eigenvalue weighted by Gasteiger charge is -2.00. The highest BCUT2D eigenvalue weighted by Crippen LogP contribution is 2.09. The molecule has 0 saturated carbocycles. The summed E-state index contributed by atoms with van der Waals surface area (Å²) in [4.78, 5) is 10.3. The monoisotopic (exact) mass is 198 g/mol. The van der Waals surface area contributed by atoms with Crippen LogP contribution in [0.25, 0.3) is 0 Å². The first-order chi connectivity index (χ1) is 3.68. The third-order valence-corrected chi connectivity index (χ3v) is 1.31. The van der Waals surface area contributed by atoms with Crippen LogP contribution >= 0.6 is 24.7 Å². The number of carbonyl (C=O) groups is 1. The Hall–Kier alpha value is 0.380. The van der Waals surface area contributed by atoms with Gasteiger partial charge >= 0.3 is 5.97 Å². The van der Waals surface area contributed by atoms with Crippen molar-refractivity contribution in [3.63, 3.8) is 0 Å². The van der Waals surface area contributed by atoms with Crippen LogP contribution in [-0.4, -0.2) is 17.5 Å².